The van der Waals surface area contributed by atoms with E-state index in [9.17, 15) is 5.11 Å². The first-order valence-electron chi connectivity index (χ1n) is 5.47. The first-order chi connectivity index (χ1) is 6.16. The lowest BCUT2D eigenvalue weighted by molar-refractivity contribution is 0.151. The normalized spacial score (nSPS) is 44.5. The first kappa shape index (κ1) is 9.47. The summed E-state index contributed by atoms with van der Waals surface area (Å²) in [5.74, 6) is 0.935. The molecule has 76 valence electrons. The smallest absolute Gasteiger partial charge is 0.0504 e. The van der Waals surface area contributed by atoms with Crippen LogP contribution in [-0.2, 0) is 0 Å². The molecule has 2 aliphatic rings. The minimum atomic E-state index is 0.0859. The maximum absolute atomic E-state index is 9.32. The molecule has 3 N–H and O–H groups in total. The molecule has 0 aromatic carbocycles. The number of hydrogen-bond acceptors (Lipinski definition) is 2. The third kappa shape index (κ3) is 1.31. The van der Waals surface area contributed by atoms with Crippen molar-refractivity contribution in [1.82, 2.24) is 0 Å². The van der Waals surface area contributed by atoms with E-state index in [1.165, 1.54) is 25.7 Å². The van der Waals surface area contributed by atoms with E-state index in [-0.39, 0.29) is 12.0 Å². The largest absolute Gasteiger partial charge is 0.396 e. The summed E-state index contributed by atoms with van der Waals surface area (Å²) in [4.78, 5) is 0. The van der Waals surface area contributed by atoms with Gasteiger partial charge in [0.15, 0.2) is 0 Å². The number of aliphatic hydroxyl groups excluding tert-OH is 1. The van der Waals surface area contributed by atoms with Gasteiger partial charge in [0.25, 0.3) is 0 Å². The lowest BCUT2D eigenvalue weighted by Crippen LogP contribution is -2.28. The van der Waals surface area contributed by atoms with E-state index in [0.29, 0.717) is 12.0 Å². The molecule has 0 aromatic heterocycles. The Kier molecular flexibility index (Phi) is 2.16. The van der Waals surface area contributed by atoms with E-state index in [2.05, 4.69) is 6.92 Å². The summed E-state index contributed by atoms with van der Waals surface area (Å²) in [5, 5.41) is 9.32. The molecule has 2 aliphatic carbocycles. The lowest BCUT2D eigenvalue weighted by atomic mass is 9.76. The predicted molar refractivity (Wildman–Crippen MR) is 53.3 cm³/mol. The van der Waals surface area contributed by atoms with Gasteiger partial charge in [-0.2, -0.15) is 0 Å². The van der Waals surface area contributed by atoms with E-state index >= 15 is 0 Å². The number of aliphatic hydroxyl groups is 1. The van der Waals surface area contributed by atoms with Gasteiger partial charge in [-0.15, -0.1) is 0 Å². The highest BCUT2D eigenvalue weighted by Crippen LogP contribution is 2.66. The van der Waals surface area contributed by atoms with Crippen LogP contribution in [0.15, 0.2) is 0 Å². The zero-order valence-electron chi connectivity index (χ0n) is 8.55. The van der Waals surface area contributed by atoms with E-state index in [4.69, 9.17) is 5.73 Å². The molecule has 0 spiro atoms. The standard InChI is InChI=1S/C11H21NO/c1-10(5-9-3-2-4-9)6-11(10,7-12)8-13/h9,13H,2-8,12H2,1H3. The monoisotopic (exact) mass is 183 g/mol. The van der Waals surface area contributed by atoms with Crippen molar-refractivity contribution < 1.29 is 5.11 Å². The molecule has 13 heavy (non-hydrogen) atoms. The van der Waals surface area contributed by atoms with Gasteiger partial charge in [0, 0.05) is 12.0 Å². The second-order valence-electron chi connectivity index (χ2n) is 5.38. The zero-order chi connectivity index (χ0) is 9.53. The number of hydrogen-bond donors (Lipinski definition) is 2. The summed E-state index contributed by atoms with van der Waals surface area (Å²) in [5.41, 5.74) is 6.18. The van der Waals surface area contributed by atoms with Crippen LogP contribution in [0.3, 0.4) is 0 Å². The summed E-state index contributed by atoms with van der Waals surface area (Å²) in [6.45, 7) is 3.24. The van der Waals surface area contributed by atoms with E-state index in [0.717, 1.165) is 12.3 Å². The molecule has 0 saturated heterocycles. The molecule has 2 saturated carbocycles. The Hall–Kier alpha value is -0.0800. The molecule has 0 aromatic rings. The van der Waals surface area contributed by atoms with Crippen LogP contribution in [0.1, 0.15) is 39.0 Å². The topological polar surface area (TPSA) is 46.2 Å². The SMILES string of the molecule is CC1(CC2CCC2)CC1(CN)CO. The summed E-state index contributed by atoms with van der Waals surface area (Å²) in [6, 6.07) is 0. The average Bonchev–Trinajstić information content (AvgIpc) is 2.66. The van der Waals surface area contributed by atoms with Crippen molar-refractivity contribution in [2.75, 3.05) is 13.2 Å². The molecule has 2 nitrogen and oxygen atoms in total. The maximum atomic E-state index is 9.32. The minimum absolute atomic E-state index is 0.0859. The first-order valence-corrected chi connectivity index (χ1v) is 5.47. The van der Waals surface area contributed by atoms with Gasteiger partial charge in [0.2, 0.25) is 0 Å². The predicted octanol–water partition coefficient (Wildman–Crippen LogP) is 1.52. The minimum Gasteiger partial charge on any atom is -0.396 e. The summed E-state index contributed by atoms with van der Waals surface area (Å²) in [6.07, 6.45) is 6.66. The second kappa shape index (κ2) is 2.96. The summed E-state index contributed by atoms with van der Waals surface area (Å²) >= 11 is 0. The molecule has 0 aliphatic heterocycles. The highest BCUT2D eigenvalue weighted by Gasteiger charge is 2.63. The maximum Gasteiger partial charge on any atom is 0.0504 e. The fourth-order valence-electron chi connectivity index (χ4n) is 2.96. The molecule has 0 bridgehead atoms. The Morgan fingerprint density at radius 3 is 2.46 bits per heavy atom. The van der Waals surface area contributed by atoms with Crippen LogP contribution < -0.4 is 5.73 Å². The van der Waals surface area contributed by atoms with Crippen molar-refractivity contribution >= 4 is 0 Å². The third-order valence-electron chi connectivity index (χ3n) is 4.54. The Labute approximate surface area is 80.5 Å². The highest BCUT2D eigenvalue weighted by atomic mass is 16.3. The molecule has 2 unspecified atom stereocenters. The van der Waals surface area contributed by atoms with Gasteiger partial charge in [-0.05, 0) is 24.2 Å². The van der Waals surface area contributed by atoms with Crippen molar-refractivity contribution in [3.8, 4) is 0 Å². The molecule has 0 heterocycles. The summed E-state index contributed by atoms with van der Waals surface area (Å²) < 4.78 is 0. The van der Waals surface area contributed by atoms with Crippen molar-refractivity contribution in [2.45, 2.75) is 39.0 Å². The highest BCUT2D eigenvalue weighted by molar-refractivity contribution is 5.13. The van der Waals surface area contributed by atoms with Crippen molar-refractivity contribution in [1.29, 1.82) is 0 Å². The van der Waals surface area contributed by atoms with Gasteiger partial charge < -0.3 is 10.8 Å². The quantitative estimate of drug-likeness (QED) is 0.694. The Morgan fingerprint density at radius 1 is 1.46 bits per heavy atom. The van der Waals surface area contributed by atoms with Gasteiger partial charge in [-0.25, -0.2) is 0 Å². The van der Waals surface area contributed by atoms with Crippen LogP contribution in [-0.4, -0.2) is 18.3 Å². The molecule has 2 rings (SSSR count). The van der Waals surface area contributed by atoms with E-state index in [1.807, 2.05) is 0 Å². The number of nitrogens with two attached hydrogens (primary N) is 1. The van der Waals surface area contributed by atoms with Crippen LogP contribution >= 0.6 is 0 Å². The number of rotatable bonds is 4. The van der Waals surface area contributed by atoms with Crippen molar-refractivity contribution in [3.63, 3.8) is 0 Å². The molecule has 2 fully saturated rings. The molecule has 2 heteroatoms. The third-order valence-corrected chi connectivity index (χ3v) is 4.54. The average molecular weight is 183 g/mol. The zero-order valence-corrected chi connectivity index (χ0v) is 8.55. The van der Waals surface area contributed by atoms with Crippen LogP contribution in [0.2, 0.25) is 0 Å². The molecular formula is C11H21NO. The van der Waals surface area contributed by atoms with E-state index < -0.39 is 0 Å². The van der Waals surface area contributed by atoms with Gasteiger partial charge >= 0.3 is 0 Å². The van der Waals surface area contributed by atoms with Crippen LogP contribution in [0.5, 0.6) is 0 Å². The van der Waals surface area contributed by atoms with Crippen molar-refractivity contribution in [2.24, 2.45) is 22.5 Å². The fraction of sp³-hybridized carbons (Fsp3) is 1.00. The molecular weight excluding hydrogens is 162 g/mol. The van der Waals surface area contributed by atoms with E-state index in [1.54, 1.807) is 0 Å². The molecule has 2 atom stereocenters. The summed E-state index contributed by atoms with van der Waals surface area (Å²) in [7, 11) is 0. The van der Waals surface area contributed by atoms with Crippen LogP contribution in [0, 0.1) is 16.7 Å². The molecule has 0 amide bonds. The lowest BCUT2D eigenvalue weighted by Gasteiger charge is -2.30. The second-order valence-corrected chi connectivity index (χ2v) is 5.38. The van der Waals surface area contributed by atoms with Gasteiger partial charge in [0.05, 0.1) is 6.61 Å². The van der Waals surface area contributed by atoms with Crippen molar-refractivity contribution in [3.05, 3.63) is 0 Å². The molecule has 0 radical (unpaired) electrons. The Bertz CT molecular complexity index is 196. The van der Waals surface area contributed by atoms with Crippen LogP contribution in [0.25, 0.3) is 0 Å². The van der Waals surface area contributed by atoms with Gasteiger partial charge in [0.1, 0.15) is 0 Å². The van der Waals surface area contributed by atoms with Gasteiger partial charge in [-0.1, -0.05) is 26.2 Å². The fourth-order valence-corrected chi connectivity index (χ4v) is 2.96. The van der Waals surface area contributed by atoms with Crippen LogP contribution in [0.4, 0.5) is 0 Å². The Morgan fingerprint density at radius 2 is 2.15 bits per heavy atom. The van der Waals surface area contributed by atoms with Gasteiger partial charge in [-0.3, -0.25) is 0 Å². The Balaban J connectivity index is 1.91.